The predicted octanol–water partition coefficient (Wildman–Crippen LogP) is 3.56. The fraction of sp³-hybridized carbons (Fsp3) is 0.464. The lowest BCUT2D eigenvalue weighted by Crippen LogP contribution is -2.45. The summed E-state index contributed by atoms with van der Waals surface area (Å²) in [5, 5.41) is 19.1. The molecule has 39 heavy (non-hydrogen) atoms. The third-order valence-corrected chi connectivity index (χ3v) is 6.72. The number of carbonyl (C=O) groups is 2. The number of carbonyl (C=O) groups excluding carboxylic acids is 2. The fourth-order valence-electron chi connectivity index (χ4n) is 4.37. The molecule has 0 radical (unpaired) electrons. The van der Waals surface area contributed by atoms with Crippen molar-refractivity contribution in [3.63, 3.8) is 0 Å². The van der Waals surface area contributed by atoms with Crippen LogP contribution in [-0.4, -0.2) is 68.5 Å². The maximum Gasteiger partial charge on any atom is 0.410 e. The molecule has 1 aliphatic heterocycles. The Balaban J connectivity index is 1.26. The molecule has 2 aromatic heterocycles. The van der Waals surface area contributed by atoms with Gasteiger partial charge in [-0.1, -0.05) is 0 Å². The van der Waals surface area contributed by atoms with Crippen LogP contribution in [0, 0.1) is 11.3 Å². The highest BCUT2D eigenvalue weighted by Crippen LogP contribution is 2.31. The quantitative estimate of drug-likeness (QED) is 0.495. The minimum absolute atomic E-state index is 0.150. The van der Waals surface area contributed by atoms with Gasteiger partial charge in [-0.15, -0.1) is 0 Å². The molecule has 0 bridgehead atoms. The van der Waals surface area contributed by atoms with E-state index in [0.717, 1.165) is 25.7 Å². The Bertz CT molecular complexity index is 1360. The minimum Gasteiger partial charge on any atom is -0.491 e. The number of aromatic nitrogens is 3. The summed E-state index contributed by atoms with van der Waals surface area (Å²) in [6.45, 7) is 7.33. The van der Waals surface area contributed by atoms with Crippen molar-refractivity contribution in [1.82, 2.24) is 30.1 Å². The molecule has 2 fully saturated rings. The summed E-state index contributed by atoms with van der Waals surface area (Å²) < 4.78 is 13.0. The molecule has 1 saturated heterocycles. The van der Waals surface area contributed by atoms with Gasteiger partial charge in [-0.05, 0) is 64.5 Å². The van der Waals surface area contributed by atoms with Crippen LogP contribution in [0.15, 0.2) is 60.0 Å². The van der Waals surface area contributed by atoms with E-state index in [1.165, 1.54) is 6.20 Å². The number of hydrogen-bond acceptors (Lipinski definition) is 8. The van der Waals surface area contributed by atoms with E-state index in [1.54, 1.807) is 46.2 Å². The van der Waals surface area contributed by atoms with Gasteiger partial charge in [0.05, 0.1) is 24.2 Å². The van der Waals surface area contributed by atoms with Gasteiger partial charge < -0.3 is 30.4 Å². The molecule has 2 aromatic rings. The molecule has 0 atom stereocenters. The lowest BCUT2D eigenvalue weighted by molar-refractivity contribution is 0.0201. The topological polar surface area (TPSA) is 134 Å². The van der Waals surface area contributed by atoms with Gasteiger partial charge in [-0.2, -0.15) is 5.10 Å². The molecular weight excluding hydrogens is 498 g/mol. The molecule has 0 spiro atoms. The zero-order valence-electron chi connectivity index (χ0n) is 22.6. The molecule has 11 heteroatoms. The van der Waals surface area contributed by atoms with Crippen molar-refractivity contribution in [2.24, 2.45) is 5.92 Å². The van der Waals surface area contributed by atoms with Crippen molar-refractivity contribution >= 4 is 23.4 Å². The van der Waals surface area contributed by atoms with E-state index in [1.807, 2.05) is 20.8 Å². The number of piperidine rings is 1. The maximum atomic E-state index is 13.2. The molecule has 1 saturated carbocycles. The van der Waals surface area contributed by atoms with Crippen LogP contribution in [-0.2, 0) is 9.47 Å². The Morgan fingerprint density at radius 3 is 2.67 bits per heavy atom. The summed E-state index contributed by atoms with van der Waals surface area (Å²) in [5.41, 5.74) is 1.68. The molecular formula is C28H35N7O4. The van der Waals surface area contributed by atoms with Crippen molar-refractivity contribution in [2.75, 3.05) is 19.7 Å². The van der Waals surface area contributed by atoms with Crippen molar-refractivity contribution < 1.29 is 19.1 Å². The second-order valence-electron chi connectivity index (χ2n) is 11.1. The number of nitrogens with zero attached hydrogens (tertiary/aromatic N) is 4. The van der Waals surface area contributed by atoms with Crippen molar-refractivity contribution in [3.05, 3.63) is 65.6 Å². The number of ether oxygens (including phenoxy) is 2. The highest BCUT2D eigenvalue weighted by atomic mass is 16.6. The van der Waals surface area contributed by atoms with Crippen molar-refractivity contribution in [2.45, 2.75) is 58.1 Å². The van der Waals surface area contributed by atoms with Gasteiger partial charge in [0, 0.05) is 49.4 Å². The summed E-state index contributed by atoms with van der Waals surface area (Å²) in [6.07, 6.45) is 13.5. The summed E-state index contributed by atoms with van der Waals surface area (Å²) >= 11 is 0. The lowest BCUT2D eigenvalue weighted by Gasteiger charge is -2.33. The van der Waals surface area contributed by atoms with Crippen LogP contribution in [0.2, 0.25) is 0 Å². The Morgan fingerprint density at radius 2 is 1.95 bits per heavy atom. The van der Waals surface area contributed by atoms with E-state index < -0.39 is 5.60 Å². The highest BCUT2D eigenvalue weighted by Gasteiger charge is 2.28. The number of hydrogen-bond donors (Lipinski definition) is 3. The highest BCUT2D eigenvalue weighted by molar-refractivity contribution is 6.11. The normalized spacial score (nSPS) is 19.5. The molecule has 5 rings (SSSR count). The first-order valence-electron chi connectivity index (χ1n) is 13.4. The van der Waals surface area contributed by atoms with Gasteiger partial charge in [-0.25, -0.2) is 14.3 Å². The zero-order chi connectivity index (χ0) is 27.6. The fourth-order valence-corrected chi connectivity index (χ4v) is 4.37. The molecule has 2 aliphatic carbocycles. The number of rotatable bonds is 7. The predicted molar refractivity (Wildman–Crippen MR) is 145 cm³/mol. The number of fused-ring (bicyclic) bond motifs is 1. The van der Waals surface area contributed by atoms with Gasteiger partial charge in [0.15, 0.2) is 5.65 Å². The van der Waals surface area contributed by atoms with Gasteiger partial charge >= 0.3 is 6.09 Å². The standard InChI is InChI=1S/C28H35N7O4/c1-28(2,3)39-27(37)34-11-7-20(8-12-34)31-15-19-13-23(24(14-22(19)29)38-17-18-5-6-18)33-26(36)21-16-32-35-10-4-9-30-25(21)35/h4,9-10,13-16,18,20,29,31H,5-8,11-12,17H2,1-3H3,(H,33,36)/b19-15-,29-22?. The summed E-state index contributed by atoms with van der Waals surface area (Å²) in [6, 6.07) is 1.89. The molecule has 3 heterocycles. The van der Waals surface area contributed by atoms with Gasteiger partial charge in [0.25, 0.3) is 5.91 Å². The van der Waals surface area contributed by atoms with E-state index in [0.29, 0.717) is 53.9 Å². The summed E-state index contributed by atoms with van der Waals surface area (Å²) in [5.74, 6) is 0.629. The third-order valence-electron chi connectivity index (χ3n) is 6.72. The summed E-state index contributed by atoms with van der Waals surface area (Å²) in [7, 11) is 0. The van der Waals surface area contributed by atoms with Crippen LogP contribution in [0.4, 0.5) is 4.79 Å². The summed E-state index contributed by atoms with van der Waals surface area (Å²) in [4.78, 5) is 31.5. The first-order chi connectivity index (χ1) is 18.7. The van der Waals surface area contributed by atoms with Gasteiger partial charge in [0.2, 0.25) is 0 Å². The number of allylic oxidation sites excluding steroid dienone is 3. The smallest absolute Gasteiger partial charge is 0.410 e. The second-order valence-corrected chi connectivity index (χ2v) is 11.1. The van der Waals surface area contributed by atoms with Crippen LogP contribution in [0.25, 0.3) is 5.65 Å². The molecule has 2 amide bonds. The molecule has 11 nitrogen and oxygen atoms in total. The molecule has 206 valence electrons. The van der Waals surface area contributed by atoms with Gasteiger partial charge in [-0.3, -0.25) is 4.79 Å². The first kappa shape index (κ1) is 26.5. The second kappa shape index (κ2) is 10.9. The molecule has 3 N–H and O–H groups in total. The Hall–Kier alpha value is -4.15. The van der Waals surface area contributed by atoms with Crippen LogP contribution in [0.1, 0.15) is 56.8 Å². The minimum atomic E-state index is -0.520. The molecule has 0 unspecified atom stereocenters. The Morgan fingerprint density at radius 1 is 1.18 bits per heavy atom. The molecule has 3 aliphatic rings. The number of amides is 2. The number of nitrogens with one attached hydrogen (secondary N) is 3. The van der Waals surface area contributed by atoms with Gasteiger partial charge in [0.1, 0.15) is 16.9 Å². The zero-order valence-corrected chi connectivity index (χ0v) is 22.6. The maximum absolute atomic E-state index is 13.2. The third kappa shape index (κ3) is 6.65. The van der Waals surface area contributed by atoms with Crippen LogP contribution >= 0.6 is 0 Å². The average Bonchev–Trinajstić information content (AvgIpc) is 3.63. The SMILES string of the molecule is CC(C)(C)OC(=O)N1CCC(N/C=C2/C=C(NC(=O)c3cnn4cccnc34)C(OCC3CC3)=CC2=N)CC1. The van der Waals surface area contributed by atoms with E-state index in [9.17, 15) is 9.59 Å². The van der Waals surface area contributed by atoms with Crippen LogP contribution in [0.5, 0.6) is 0 Å². The largest absolute Gasteiger partial charge is 0.491 e. The van der Waals surface area contributed by atoms with Crippen LogP contribution in [0.3, 0.4) is 0 Å². The lowest BCUT2D eigenvalue weighted by atomic mass is 10.0. The first-order valence-corrected chi connectivity index (χ1v) is 13.4. The van der Waals surface area contributed by atoms with E-state index in [4.69, 9.17) is 14.9 Å². The average molecular weight is 534 g/mol. The van der Waals surface area contributed by atoms with Crippen LogP contribution < -0.4 is 10.6 Å². The van der Waals surface area contributed by atoms with Crippen molar-refractivity contribution in [1.29, 1.82) is 5.41 Å². The Kier molecular flexibility index (Phi) is 7.40. The van der Waals surface area contributed by atoms with E-state index in [2.05, 4.69) is 20.7 Å². The molecule has 0 aromatic carbocycles. The van der Waals surface area contributed by atoms with E-state index in [-0.39, 0.29) is 23.8 Å². The Labute approximate surface area is 227 Å². The van der Waals surface area contributed by atoms with Crippen molar-refractivity contribution in [3.8, 4) is 0 Å². The van der Waals surface area contributed by atoms with E-state index >= 15 is 0 Å². The monoisotopic (exact) mass is 533 g/mol. The number of likely N-dealkylation sites (tertiary alicyclic amines) is 1.